The minimum atomic E-state index is 0.0366. The van der Waals surface area contributed by atoms with Gasteiger partial charge >= 0.3 is 0 Å². The Labute approximate surface area is 157 Å². The minimum absolute atomic E-state index is 0.0366. The highest BCUT2D eigenvalue weighted by Gasteiger charge is 2.25. The third-order valence-electron chi connectivity index (χ3n) is 5.14. The van der Waals surface area contributed by atoms with Crippen molar-refractivity contribution in [2.45, 2.75) is 52.9 Å². The van der Waals surface area contributed by atoms with E-state index in [4.69, 9.17) is 0 Å². The van der Waals surface area contributed by atoms with Crippen LogP contribution in [0.15, 0.2) is 18.2 Å². The van der Waals surface area contributed by atoms with Gasteiger partial charge in [-0.25, -0.2) is 0 Å². The molecule has 0 aromatic heterocycles. The molecule has 1 aliphatic heterocycles. The number of benzene rings is 1. The Hall–Kier alpha value is -1.88. The molecule has 1 aliphatic rings. The van der Waals surface area contributed by atoms with Crippen molar-refractivity contribution in [1.82, 2.24) is 10.2 Å². The molecule has 2 rings (SSSR count). The third-order valence-corrected chi connectivity index (χ3v) is 5.14. The quantitative estimate of drug-likeness (QED) is 0.750. The molecule has 1 aromatic carbocycles. The van der Waals surface area contributed by atoms with Crippen LogP contribution in [0, 0.1) is 5.92 Å². The standard InChI is InChI=1S/C21H33N3O2/c1-4-12-22-21(26)18-10-13-24(14-11-18)15-19(25)23-20-16(5-2)8-7-9-17(20)6-3/h7-9,18H,4-6,10-15H2,1-3H3,(H,22,26)(H,23,25). The van der Waals surface area contributed by atoms with E-state index in [9.17, 15) is 9.59 Å². The van der Waals surface area contributed by atoms with E-state index in [2.05, 4.69) is 54.5 Å². The zero-order valence-electron chi connectivity index (χ0n) is 16.4. The predicted molar refractivity (Wildman–Crippen MR) is 106 cm³/mol. The Morgan fingerprint density at radius 3 is 2.23 bits per heavy atom. The van der Waals surface area contributed by atoms with Crippen LogP contribution in [0.1, 0.15) is 51.2 Å². The van der Waals surface area contributed by atoms with E-state index in [1.807, 2.05) is 0 Å². The highest BCUT2D eigenvalue weighted by molar-refractivity contribution is 5.94. The van der Waals surface area contributed by atoms with Gasteiger partial charge in [0.15, 0.2) is 0 Å². The van der Waals surface area contributed by atoms with E-state index in [0.29, 0.717) is 6.54 Å². The van der Waals surface area contributed by atoms with Crippen LogP contribution >= 0.6 is 0 Å². The normalized spacial score (nSPS) is 15.7. The summed E-state index contributed by atoms with van der Waals surface area (Å²) in [7, 11) is 0. The van der Waals surface area contributed by atoms with Crippen LogP contribution < -0.4 is 10.6 Å². The van der Waals surface area contributed by atoms with Crippen molar-refractivity contribution in [3.8, 4) is 0 Å². The number of carbonyl (C=O) groups is 2. The zero-order chi connectivity index (χ0) is 18.9. The summed E-state index contributed by atoms with van der Waals surface area (Å²) in [5.74, 6) is 0.295. The SMILES string of the molecule is CCCNC(=O)C1CCN(CC(=O)Nc2c(CC)cccc2CC)CC1. The summed E-state index contributed by atoms with van der Waals surface area (Å²) in [4.78, 5) is 26.8. The number of amides is 2. The molecule has 0 spiro atoms. The molecular formula is C21H33N3O2. The average Bonchev–Trinajstić information content (AvgIpc) is 2.66. The topological polar surface area (TPSA) is 61.4 Å². The summed E-state index contributed by atoms with van der Waals surface area (Å²) in [5, 5.41) is 6.11. The van der Waals surface area contributed by atoms with Gasteiger partial charge in [0, 0.05) is 18.2 Å². The molecule has 1 saturated heterocycles. The maximum atomic E-state index is 12.5. The summed E-state index contributed by atoms with van der Waals surface area (Å²) in [5.41, 5.74) is 3.35. The zero-order valence-corrected chi connectivity index (χ0v) is 16.4. The number of para-hydroxylation sites is 1. The first-order valence-electron chi connectivity index (χ1n) is 9.99. The molecule has 26 heavy (non-hydrogen) atoms. The van der Waals surface area contributed by atoms with E-state index >= 15 is 0 Å². The summed E-state index contributed by atoms with van der Waals surface area (Å²) >= 11 is 0. The maximum absolute atomic E-state index is 12.5. The molecule has 1 heterocycles. The highest BCUT2D eigenvalue weighted by atomic mass is 16.2. The van der Waals surface area contributed by atoms with Crippen LogP contribution in [0.5, 0.6) is 0 Å². The van der Waals surface area contributed by atoms with Gasteiger partial charge in [-0.1, -0.05) is 39.0 Å². The van der Waals surface area contributed by atoms with Crippen LogP contribution in [0.3, 0.4) is 0 Å². The molecule has 1 fully saturated rings. The first-order chi connectivity index (χ1) is 12.6. The second-order valence-corrected chi connectivity index (χ2v) is 7.05. The predicted octanol–water partition coefficient (Wildman–Crippen LogP) is 2.99. The summed E-state index contributed by atoms with van der Waals surface area (Å²) in [6.07, 6.45) is 4.43. The molecule has 0 unspecified atom stereocenters. The third kappa shape index (κ3) is 5.56. The van der Waals surface area contributed by atoms with Gasteiger partial charge < -0.3 is 10.6 Å². The first kappa shape index (κ1) is 20.4. The molecular weight excluding hydrogens is 326 g/mol. The fourth-order valence-corrected chi connectivity index (χ4v) is 3.53. The van der Waals surface area contributed by atoms with Crippen LogP contribution in [-0.2, 0) is 22.4 Å². The monoisotopic (exact) mass is 359 g/mol. The molecule has 0 bridgehead atoms. The highest BCUT2D eigenvalue weighted by Crippen LogP contribution is 2.23. The second-order valence-electron chi connectivity index (χ2n) is 7.05. The van der Waals surface area contributed by atoms with Gasteiger partial charge in [-0.2, -0.15) is 0 Å². The summed E-state index contributed by atoms with van der Waals surface area (Å²) in [6, 6.07) is 6.21. The fourth-order valence-electron chi connectivity index (χ4n) is 3.53. The number of piperidine rings is 1. The molecule has 0 atom stereocenters. The lowest BCUT2D eigenvalue weighted by atomic mass is 9.96. The van der Waals surface area contributed by atoms with Crippen molar-refractivity contribution in [1.29, 1.82) is 0 Å². The van der Waals surface area contributed by atoms with Gasteiger partial charge in [0.2, 0.25) is 11.8 Å². The lowest BCUT2D eigenvalue weighted by molar-refractivity contribution is -0.126. The van der Waals surface area contributed by atoms with Crippen molar-refractivity contribution < 1.29 is 9.59 Å². The maximum Gasteiger partial charge on any atom is 0.238 e. The summed E-state index contributed by atoms with van der Waals surface area (Å²) in [6.45, 7) is 9.02. The smallest absolute Gasteiger partial charge is 0.238 e. The Bertz CT molecular complexity index is 585. The van der Waals surface area contributed by atoms with Crippen molar-refractivity contribution in [3.63, 3.8) is 0 Å². The average molecular weight is 360 g/mol. The van der Waals surface area contributed by atoms with Crippen molar-refractivity contribution in [2.24, 2.45) is 5.92 Å². The molecule has 0 aliphatic carbocycles. The molecule has 1 aromatic rings. The van der Waals surface area contributed by atoms with Crippen LogP contribution in [0.2, 0.25) is 0 Å². The molecule has 5 nitrogen and oxygen atoms in total. The first-order valence-corrected chi connectivity index (χ1v) is 9.99. The largest absolute Gasteiger partial charge is 0.356 e. The Kier molecular flexibility index (Phi) is 8.10. The number of hydrogen-bond donors (Lipinski definition) is 2. The van der Waals surface area contributed by atoms with E-state index < -0.39 is 0 Å². The number of aryl methyl sites for hydroxylation is 2. The van der Waals surface area contributed by atoms with Gasteiger partial charge in [0.1, 0.15) is 0 Å². The molecule has 5 heteroatoms. The molecule has 0 saturated carbocycles. The van der Waals surface area contributed by atoms with Gasteiger partial charge in [-0.3, -0.25) is 14.5 Å². The Morgan fingerprint density at radius 1 is 1.08 bits per heavy atom. The van der Waals surface area contributed by atoms with Crippen LogP contribution in [0.25, 0.3) is 0 Å². The lowest BCUT2D eigenvalue weighted by Crippen LogP contribution is -2.43. The molecule has 0 radical (unpaired) electrons. The van der Waals surface area contributed by atoms with Crippen molar-refractivity contribution in [2.75, 3.05) is 31.5 Å². The number of anilines is 1. The van der Waals surface area contributed by atoms with Crippen molar-refractivity contribution in [3.05, 3.63) is 29.3 Å². The Morgan fingerprint density at radius 2 is 1.69 bits per heavy atom. The van der Waals surface area contributed by atoms with E-state index in [1.54, 1.807) is 0 Å². The van der Waals surface area contributed by atoms with Gasteiger partial charge in [-0.05, 0) is 56.3 Å². The van der Waals surface area contributed by atoms with E-state index in [-0.39, 0.29) is 17.7 Å². The fraction of sp³-hybridized carbons (Fsp3) is 0.619. The Balaban J connectivity index is 1.86. The number of nitrogens with zero attached hydrogens (tertiary/aromatic N) is 1. The number of carbonyl (C=O) groups excluding carboxylic acids is 2. The van der Waals surface area contributed by atoms with Gasteiger partial charge in [0.05, 0.1) is 6.54 Å². The number of rotatable bonds is 8. The molecule has 144 valence electrons. The number of likely N-dealkylation sites (tertiary alicyclic amines) is 1. The van der Waals surface area contributed by atoms with E-state index in [1.165, 1.54) is 11.1 Å². The van der Waals surface area contributed by atoms with Gasteiger partial charge in [0.25, 0.3) is 0 Å². The second kappa shape index (κ2) is 10.3. The molecule has 2 amide bonds. The number of nitrogens with one attached hydrogen (secondary N) is 2. The van der Waals surface area contributed by atoms with Crippen molar-refractivity contribution >= 4 is 17.5 Å². The lowest BCUT2D eigenvalue weighted by Gasteiger charge is -2.30. The van der Waals surface area contributed by atoms with Crippen LogP contribution in [-0.4, -0.2) is 42.9 Å². The number of hydrogen-bond acceptors (Lipinski definition) is 3. The minimum Gasteiger partial charge on any atom is -0.356 e. The van der Waals surface area contributed by atoms with E-state index in [0.717, 1.165) is 57.4 Å². The molecule has 2 N–H and O–H groups in total. The summed E-state index contributed by atoms with van der Waals surface area (Å²) < 4.78 is 0. The van der Waals surface area contributed by atoms with Gasteiger partial charge in [-0.15, -0.1) is 0 Å². The van der Waals surface area contributed by atoms with Crippen LogP contribution in [0.4, 0.5) is 5.69 Å².